The van der Waals surface area contributed by atoms with Crippen LogP contribution in [-0.4, -0.2) is 64.3 Å². The number of nitrogens with zero attached hydrogens (tertiary/aromatic N) is 3. The van der Waals surface area contributed by atoms with Crippen LogP contribution in [0.3, 0.4) is 0 Å². The lowest BCUT2D eigenvalue weighted by atomic mass is 9.89. The molecule has 1 fully saturated rings. The van der Waals surface area contributed by atoms with Crippen molar-refractivity contribution in [3.8, 4) is 0 Å². The molecular weight excluding hydrogens is 464 g/mol. The molecule has 2 aromatic rings. The van der Waals surface area contributed by atoms with Crippen molar-refractivity contribution in [1.82, 2.24) is 15.1 Å². The molecule has 2 aliphatic heterocycles. The van der Waals surface area contributed by atoms with Gasteiger partial charge in [0.25, 0.3) is 0 Å². The van der Waals surface area contributed by atoms with E-state index in [4.69, 9.17) is 11.6 Å². The van der Waals surface area contributed by atoms with Crippen molar-refractivity contribution < 1.29 is 14.7 Å². The minimum absolute atomic E-state index is 0.166. The van der Waals surface area contributed by atoms with Crippen LogP contribution in [0.4, 0.5) is 5.69 Å². The molecule has 0 bridgehead atoms. The Balaban J connectivity index is 1.39. The summed E-state index contributed by atoms with van der Waals surface area (Å²) in [6.45, 7) is 8.75. The summed E-state index contributed by atoms with van der Waals surface area (Å²) in [5, 5.41) is 14.7. The van der Waals surface area contributed by atoms with Crippen LogP contribution in [0.25, 0.3) is 5.70 Å². The van der Waals surface area contributed by atoms with E-state index in [1.807, 2.05) is 41.3 Å². The summed E-state index contributed by atoms with van der Waals surface area (Å²) in [7, 11) is 0. The molecule has 7 nitrogen and oxygen atoms in total. The highest BCUT2D eigenvalue weighted by molar-refractivity contribution is 6.31. The number of rotatable bonds is 7. The molecule has 2 aliphatic rings. The summed E-state index contributed by atoms with van der Waals surface area (Å²) in [5.74, 6) is -0.557. The van der Waals surface area contributed by atoms with E-state index in [9.17, 15) is 14.7 Å². The molecule has 0 aromatic heterocycles. The number of hydrogen-bond donors (Lipinski definition) is 2. The van der Waals surface area contributed by atoms with Crippen molar-refractivity contribution in [3.05, 3.63) is 83.9 Å². The number of benzene rings is 2. The fraction of sp³-hybridized carbons (Fsp3) is 0.296. The van der Waals surface area contributed by atoms with Gasteiger partial charge in [0, 0.05) is 35.8 Å². The summed E-state index contributed by atoms with van der Waals surface area (Å²) in [5.41, 5.74) is 2.31. The first-order valence-corrected chi connectivity index (χ1v) is 11.9. The fourth-order valence-corrected chi connectivity index (χ4v) is 4.63. The van der Waals surface area contributed by atoms with Gasteiger partial charge in [0.1, 0.15) is 6.04 Å². The lowest BCUT2D eigenvalue weighted by Gasteiger charge is -2.42. The van der Waals surface area contributed by atoms with Crippen molar-refractivity contribution in [3.63, 3.8) is 0 Å². The number of piperidine rings is 1. The Morgan fingerprint density at radius 3 is 2.60 bits per heavy atom. The quantitative estimate of drug-likeness (QED) is 0.579. The first-order chi connectivity index (χ1) is 16.8. The molecule has 0 radical (unpaired) electrons. The van der Waals surface area contributed by atoms with Gasteiger partial charge in [-0.1, -0.05) is 55.1 Å². The van der Waals surface area contributed by atoms with E-state index in [-0.39, 0.29) is 5.91 Å². The first-order valence-electron chi connectivity index (χ1n) is 11.6. The second-order valence-corrected chi connectivity index (χ2v) is 9.42. The van der Waals surface area contributed by atoms with E-state index >= 15 is 0 Å². The van der Waals surface area contributed by atoms with Crippen molar-refractivity contribution in [2.75, 3.05) is 19.6 Å². The number of likely N-dealkylation sites (tertiary alicyclic amines) is 1. The van der Waals surface area contributed by atoms with Crippen LogP contribution in [0.2, 0.25) is 5.02 Å². The van der Waals surface area contributed by atoms with Gasteiger partial charge in [-0.3, -0.25) is 9.59 Å². The number of aliphatic hydroxyl groups is 1. The number of β-amino-alcohol motifs (C(OH)–C–C–N with tert-alkyl or cyclic N) is 1. The predicted molar refractivity (Wildman–Crippen MR) is 138 cm³/mol. The van der Waals surface area contributed by atoms with Crippen LogP contribution in [0.1, 0.15) is 24.0 Å². The maximum absolute atomic E-state index is 13.3. The fourth-order valence-electron chi connectivity index (χ4n) is 4.47. The van der Waals surface area contributed by atoms with Crippen LogP contribution >= 0.6 is 11.6 Å². The molecule has 0 unspecified atom stereocenters. The molecule has 2 amide bonds. The van der Waals surface area contributed by atoms with Gasteiger partial charge in [-0.2, -0.15) is 0 Å². The van der Waals surface area contributed by atoms with E-state index < -0.39 is 17.6 Å². The number of amides is 2. The normalized spacial score (nSPS) is 17.5. The molecule has 2 heterocycles. The zero-order valence-electron chi connectivity index (χ0n) is 19.5. The van der Waals surface area contributed by atoms with Crippen LogP contribution in [-0.2, 0) is 16.0 Å². The molecule has 0 aliphatic carbocycles. The molecule has 8 heteroatoms. The van der Waals surface area contributed by atoms with Gasteiger partial charge in [0.15, 0.2) is 0 Å². The van der Waals surface area contributed by atoms with E-state index in [1.165, 1.54) is 6.08 Å². The maximum Gasteiger partial charge on any atom is 0.245 e. The topological polar surface area (TPSA) is 85.2 Å². The minimum atomic E-state index is -1.01. The Morgan fingerprint density at radius 1 is 1.20 bits per heavy atom. The smallest absolute Gasteiger partial charge is 0.245 e. The summed E-state index contributed by atoms with van der Waals surface area (Å²) in [4.78, 5) is 33.3. The zero-order chi connectivity index (χ0) is 25.0. The number of carbonyl (C=O) groups is 2. The maximum atomic E-state index is 13.3. The molecule has 2 N–H and O–H groups in total. The molecule has 4 rings (SSSR count). The van der Waals surface area contributed by atoms with E-state index in [2.05, 4.69) is 23.5 Å². The Morgan fingerprint density at radius 2 is 1.91 bits per heavy atom. The highest BCUT2D eigenvalue weighted by atomic mass is 35.5. The van der Waals surface area contributed by atoms with Crippen molar-refractivity contribution in [1.29, 1.82) is 0 Å². The highest BCUT2D eigenvalue weighted by Gasteiger charge is 2.38. The standard InChI is InChI=1S/C27H29ClN4O3/c1-3-25(33)30-24(15-20-7-5-4-6-8-20)26(34)31-13-11-27(35,12-14-31)17-32-18-29-23-16-21(28)9-10-22(23)19(32)2/h3-10,16,18,24,35H,1-2,11-15,17H2,(H,30,33)/t24-/m0/s1. The van der Waals surface area contributed by atoms with Crippen molar-refractivity contribution >= 4 is 41.1 Å². The number of fused-ring (bicyclic) bond motifs is 1. The first kappa shape index (κ1) is 24.7. The highest BCUT2D eigenvalue weighted by Crippen LogP contribution is 2.35. The summed E-state index contributed by atoms with van der Waals surface area (Å²) in [6, 6.07) is 14.3. The van der Waals surface area contributed by atoms with Gasteiger partial charge in [0.05, 0.1) is 24.2 Å². The molecule has 0 spiro atoms. The lowest BCUT2D eigenvalue weighted by Crippen LogP contribution is -2.56. The van der Waals surface area contributed by atoms with Crippen molar-refractivity contribution in [2.24, 2.45) is 4.99 Å². The SMILES string of the molecule is C=CC(=O)N[C@@H](Cc1ccccc1)C(=O)N1CCC(O)(CN2C=Nc3cc(Cl)ccc3C2=C)CC1. The largest absolute Gasteiger partial charge is 0.388 e. The Labute approximate surface area is 210 Å². The molecular formula is C27H29ClN4O3. The Hall–Kier alpha value is -3.42. The third kappa shape index (κ3) is 5.81. The third-order valence-corrected chi connectivity index (χ3v) is 6.74. The van der Waals surface area contributed by atoms with Gasteiger partial charge in [0.2, 0.25) is 11.8 Å². The van der Waals surface area contributed by atoms with Crippen LogP contribution in [0.5, 0.6) is 0 Å². The van der Waals surface area contributed by atoms with E-state index in [0.717, 1.165) is 22.5 Å². The minimum Gasteiger partial charge on any atom is -0.388 e. The average molecular weight is 493 g/mol. The molecule has 182 valence electrons. The van der Waals surface area contributed by atoms with Gasteiger partial charge >= 0.3 is 0 Å². The molecule has 1 saturated heterocycles. The lowest BCUT2D eigenvalue weighted by molar-refractivity contribution is -0.139. The average Bonchev–Trinajstić information content (AvgIpc) is 2.86. The van der Waals surface area contributed by atoms with Crippen molar-refractivity contribution in [2.45, 2.75) is 30.9 Å². The van der Waals surface area contributed by atoms with Crippen LogP contribution in [0, 0.1) is 0 Å². The van der Waals surface area contributed by atoms with Gasteiger partial charge in [-0.25, -0.2) is 4.99 Å². The third-order valence-electron chi connectivity index (χ3n) is 6.51. The second kappa shape index (κ2) is 10.5. The summed E-state index contributed by atoms with van der Waals surface area (Å²) < 4.78 is 0. The van der Waals surface area contributed by atoms with Gasteiger partial charge < -0.3 is 20.2 Å². The van der Waals surface area contributed by atoms with Crippen LogP contribution < -0.4 is 5.32 Å². The number of halogens is 1. The molecule has 35 heavy (non-hydrogen) atoms. The monoisotopic (exact) mass is 492 g/mol. The summed E-state index contributed by atoms with van der Waals surface area (Å²) >= 11 is 6.06. The second-order valence-electron chi connectivity index (χ2n) is 8.99. The van der Waals surface area contributed by atoms with E-state index in [1.54, 1.807) is 23.4 Å². The Bertz CT molecular complexity index is 1160. The van der Waals surface area contributed by atoms with Gasteiger partial charge in [-0.15, -0.1) is 0 Å². The zero-order valence-corrected chi connectivity index (χ0v) is 20.2. The Kier molecular flexibility index (Phi) is 7.38. The number of hydrogen-bond acceptors (Lipinski definition) is 5. The molecule has 2 aromatic carbocycles. The summed E-state index contributed by atoms with van der Waals surface area (Å²) in [6.07, 6.45) is 4.01. The van der Waals surface area contributed by atoms with E-state index in [0.29, 0.717) is 43.9 Å². The molecule has 0 saturated carbocycles. The predicted octanol–water partition coefficient (Wildman–Crippen LogP) is 3.55. The molecule has 1 atom stereocenters. The van der Waals surface area contributed by atoms with Gasteiger partial charge in [-0.05, 0) is 42.7 Å². The van der Waals surface area contributed by atoms with Crippen LogP contribution in [0.15, 0.2) is 72.8 Å². The number of nitrogens with one attached hydrogen (secondary N) is 1. The number of aliphatic imine (C=N–C) groups is 1. The number of carbonyl (C=O) groups excluding carboxylic acids is 2.